The summed E-state index contributed by atoms with van der Waals surface area (Å²) in [6, 6.07) is 10.2. The minimum atomic E-state index is -0.0118. The van der Waals surface area contributed by atoms with Crippen molar-refractivity contribution in [2.24, 2.45) is 0 Å². The molecule has 0 radical (unpaired) electrons. The lowest BCUT2D eigenvalue weighted by Crippen LogP contribution is -2.28. The van der Waals surface area contributed by atoms with E-state index in [1.54, 1.807) is 12.4 Å². The van der Waals surface area contributed by atoms with Gasteiger partial charge in [0, 0.05) is 26.7 Å². The highest BCUT2D eigenvalue weighted by molar-refractivity contribution is 5.92. The normalized spacial score (nSPS) is 14.1. The Bertz CT molecular complexity index is 621. The molecule has 0 N–H and O–H groups in total. The van der Waals surface area contributed by atoms with Crippen LogP contribution in [0.4, 0.5) is 5.82 Å². The number of carbonyl (C=O) groups excluding carboxylic acids is 1. The third-order valence-corrected chi connectivity index (χ3v) is 3.90. The summed E-state index contributed by atoms with van der Waals surface area (Å²) in [5.74, 6) is 0.754. The smallest absolute Gasteiger partial charge is 0.274 e. The molecule has 1 aromatic carbocycles. The zero-order valence-corrected chi connectivity index (χ0v) is 12.8. The molecule has 3 rings (SSSR count). The first-order chi connectivity index (χ1) is 10.7. The van der Waals surface area contributed by atoms with E-state index >= 15 is 0 Å². The van der Waals surface area contributed by atoms with Crippen LogP contribution in [0.5, 0.6) is 0 Å². The van der Waals surface area contributed by atoms with E-state index in [0.29, 0.717) is 5.69 Å². The van der Waals surface area contributed by atoms with Crippen LogP contribution in [0, 0.1) is 0 Å². The van der Waals surface area contributed by atoms with Crippen LogP contribution in [0.25, 0.3) is 0 Å². The average Bonchev–Trinajstić information content (AvgIpc) is 3.10. The van der Waals surface area contributed by atoms with Gasteiger partial charge in [0.15, 0.2) is 0 Å². The van der Waals surface area contributed by atoms with Crippen molar-refractivity contribution in [1.29, 1.82) is 0 Å². The van der Waals surface area contributed by atoms with Crippen molar-refractivity contribution in [3.63, 3.8) is 0 Å². The van der Waals surface area contributed by atoms with Gasteiger partial charge in [0.25, 0.3) is 5.91 Å². The van der Waals surface area contributed by atoms with E-state index in [0.717, 1.165) is 38.3 Å². The quantitative estimate of drug-likeness (QED) is 0.869. The van der Waals surface area contributed by atoms with Crippen LogP contribution in [0.1, 0.15) is 28.9 Å². The monoisotopic (exact) mass is 296 g/mol. The number of rotatable bonds is 4. The molecule has 1 fully saturated rings. The van der Waals surface area contributed by atoms with Gasteiger partial charge in [0.05, 0.1) is 12.4 Å². The van der Waals surface area contributed by atoms with Crippen LogP contribution in [-0.4, -0.2) is 40.9 Å². The van der Waals surface area contributed by atoms with Crippen molar-refractivity contribution in [2.45, 2.75) is 19.4 Å². The summed E-state index contributed by atoms with van der Waals surface area (Å²) in [6.07, 6.45) is 5.41. The second kappa shape index (κ2) is 6.56. The Morgan fingerprint density at radius 3 is 2.50 bits per heavy atom. The van der Waals surface area contributed by atoms with Gasteiger partial charge in [-0.15, -0.1) is 0 Å². The lowest BCUT2D eigenvalue weighted by atomic mass is 10.2. The molecular formula is C17H20N4O. The van der Waals surface area contributed by atoms with Gasteiger partial charge in [-0.25, -0.2) is 9.97 Å². The fraction of sp³-hybridized carbons (Fsp3) is 0.353. The largest absolute Gasteiger partial charge is 0.354 e. The van der Waals surface area contributed by atoms with E-state index in [1.807, 2.05) is 35.0 Å². The predicted molar refractivity (Wildman–Crippen MR) is 85.7 cm³/mol. The Morgan fingerprint density at radius 1 is 1.14 bits per heavy atom. The Labute approximate surface area is 130 Å². The number of aromatic nitrogens is 2. The van der Waals surface area contributed by atoms with Gasteiger partial charge in [0.1, 0.15) is 11.5 Å². The summed E-state index contributed by atoms with van der Waals surface area (Å²) < 4.78 is 0. The molecule has 114 valence electrons. The van der Waals surface area contributed by atoms with Crippen molar-refractivity contribution < 1.29 is 4.79 Å². The molecule has 2 heterocycles. The second-order valence-corrected chi connectivity index (χ2v) is 5.60. The molecule has 1 aliphatic rings. The number of amides is 1. The molecule has 0 unspecified atom stereocenters. The van der Waals surface area contributed by atoms with Crippen molar-refractivity contribution in [3.8, 4) is 0 Å². The summed E-state index contributed by atoms with van der Waals surface area (Å²) in [6.45, 7) is 2.42. The highest BCUT2D eigenvalue weighted by Crippen LogP contribution is 2.14. The molecular weight excluding hydrogens is 276 g/mol. The highest BCUT2D eigenvalue weighted by atomic mass is 16.2. The van der Waals surface area contributed by atoms with Crippen LogP contribution < -0.4 is 4.90 Å². The summed E-state index contributed by atoms with van der Waals surface area (Å²) in [5.41, 5.74) is 1.64. The molecule has 0 atom stereocenters. The SMILES string of the molecule is CN(Cc1ccccc1)c1cnc(C(=O)N2CCCC2)cn1. The van der Waals surface area contributed by atoms with Crippen LogP contribution >= 0.6 is 0 Å². The molecule has 5 nitrogen and oxygen atoms in total. The van der Waals surface area contributed by atoms with Gasteiger partial charge >= 0.3 is 0 Å². The molecule has 0 bridgehead atoms. The minimum Gasteiger partial charge on any atom is -0.354 e. The standard InChI is InChI=1S/C17H20N4O/c1-20(13-14-7-3-2-4-8-14)16-12-18-15(11-19-16)17(22)21-9-5-6-10-21/h2-4,7-8,11-12H,5-6,9-10,13H2,1H3. The third-order valence-electron chi connectivity index (χ3n) is 3.90. The Morgan fingerprint density at radius 2 is 1.86 bits per heavy atom. The first kappa shape index (κ1) is 14.5. The number of likely N-dealkylation sites (tertiary alicyclic amines) is 1. The number of carbonyl (C=O) groups is 1. The number of nitrogens with zero attached hydrogens (tertiary/aromatic N) is 4. The number of benzene rings is 1. The average molecular weight is 296 g/mol. The van der Waals surface area contributed by atoms with E-state index in [1.165, 1.54) is 5.56 Å². The fourth-order valence-corrected chi connectivity index (χ4v) is 2.65. The summed E-state index contributed by atoms with van der Waals surface area (Å²) in [4.78, 5) is 24.8. The van der Waals surface area contributed by atoms with Crippen molar-refractivity contribution in [3.05, 3.63) is 54.0 Å². The molecule has 1 aromatic heterocycles. The lowest BCUT2D eigenvalue weighted by molar-refractivity contribution is 0.0786. The number of hydrogen-bond donors (Lipinski definition) is 0. The predicted octanol–water partition coefficient (Wildman–Crippen LogP) is 2.35. The molecule has 0 aliphatic carbocycles. The van der Waals surface area contributed by atoms with Crippen LogP contribution in [0.2, 0.25) is 0 Å². The first-order valence-corrected chi connectivity index (χ1v) is 7.60. The van der Waals surface area contributed by atoms with E-state index < -0.39 is 0 Å². The van der Waals surface area contributed by atoms with E-state index in [-0.39, 0.29) is 5.91 Å². The van der Waals surface area contributed by atoms with Gasteiger partial charge in [-0.3, -0.25) is 4.79 Å². The van der Waals surface area contributed by atoms with Crippen molar-refractivity contribution in [2.75, 3.05) is 25.0 Å². The van der Waals surface area contributed by atoms with Crippen molar-refractivity contribution in [1.82, 2.24) is 14.9 Å². The molecule has 22 heavy (non-hydrogen) atoms. The van der Waals surface area contributed by atoms with Crippen LogP contribution in [0.3, 0.4) is 0 Å². The third kappa shape index (κ3) is 3.24. The molecule has 0 spiro atoms. The first-order valence-electron chi connectivity index (χ1n) is 7.60. The maximum Gasteiger partial charge on any atom is 0.274 e. The van der Waals surface area contributed by atoms with E-state index in [2.05, 4.69) is 22.1 Å². The molecule has 1 amide bonds. The maximum atomic E-state index is 12.2. The summed E-state index contributed by atoms with van der Waals surface area (Å²) in [7, 11) is 1.97. The molecule has 1 aliphatic heterocycles. The van der Waals surface area contributed by atoms with Gasteiger partial charge in [-0.2, -0.15) is 0 Å². The zero-order chi connectivity index (χ0) is 15.4. The van der Waals surface area contributed by atoms with Crippen LogP contribution in [0.15, 0.2) is 42.7 Å². The molecule has 0 saturated carbocycles. The Hall–Kier alpha value is -2.43. The van der Waals surface area contributed by atoms with E-state index in [9.17, 15) is 4.79 Å². The van der Waals surface area contributed by atoms with Gasteiger partial charge in [0.2, 0.25) is 0 Å². The highest BCUT2D eigenvalue weighted by Gasteiger charge is 2.20. The minimum absolute atomic E-state index is 0.0118. The zero-order valence-electron chi connectivity index (χ0n) is 12.8. The second-order valence-electron chi connectivity index (χ2n) is 5.60. The van der Waals surface area contributed by atoms with Gasteiger partial charge < -0.3 is 9.80 Å². The van der Waals surface area contributed by atoms with Crippen molar-refractivity contribution >= 4 is 11.7 Å². The number of hydrogen-bond acceptors (Lipinski definition) is 4. The van der Waals surface area contributed by atoms with E-state index in [4.69, 9.17) is 0 Å². The Kier molecular flexibility index (Phi) is 4.32. The molecule has 1 saturated heterocycles. The molecule has 5 heteroatoms. The Balaban J connectivity index is 1.67. The number of anilines is 1. The lowest BCUT2D eigenvalue weighted by Gasteiger charge is -2.18. The maximum absolute atomic E-state index is 12.2. The summed E-state index contributed by atoms with van der Waals surface area (Å²) in [5, 5.41) is 0. The topological polar surface area (TPSA) is 49.3 Å². The van der Waals surface area contributed by atoms with Gasteiger partial charge in [-0.1, -0.05) is 30.3 Å². The van der Waals surface area contributed by atoms with Crippen LogP contribution in [-0.2, 0) is 6.54 Å². The fourth-order valence-electron chi connectivity index (χ4n) is 2.65. The summed E-state index contributed by atoms with van der Waals surface area (Å²) >= 11 is 0. The molecule has 2 aromatic rings. The van der Waals surface area contributed by atoms with Gasteiger partial charge in [-0.05, 0) is 18.4 Å².